The lowest BCUT2D eigenvalue weighted by Crippen LogP contribution is -2.15. The highest BCUT2D eigenvalue weighted by Crippen LogP contribution is 2.25. The van der Waals surface area contributed by atoms with E-state index < -0.39 is 0 Å². The summed E-state index contributed by atoms with van der Waals surface area (Å²) in [5.41, 5.74) is 8.79. The number of hydrogen-bond acceptors (Lipinski definition) is 1. The minimum absolute atomic E-state index is 0.246. The normalized spacial score (nSPS) is 12.5. The zero-order valence-electron chi connectivity index (χ0n) is 10.5. The highest BCUT2D eigenvalue weighted by molar-refractivity contribution is 9.10. The third-order valence-electron chi connectivity index (χ3n) is 3.10. The molecule has 2 aromatic carbocycles. The Kier molecular flexibility index (Phi) is 4.61. The Morgan fingerprint density at radius 2 is 2.00 bits per heavy atom. The molecule has 0 saturated carbocycles. The number of rotatable bonds is 3. The summed E-state index contributed by atoms with van der Waals surface area (Å²) in [5.74, 6) is -0.246. The van der Waals surface area contributed by atoms with Gasteiger partial charge in [0, 0.05) is 15.5 Å². The SMILES string of the molecule is Cc1ccc(Cl)cc1C(N)Cc1ccc(Br)cc1F. The summed E-state index contributed by atoms with van der Waals surface area (Å²) < 4.78 is 14.5. The van der Waals surface area contributed by atoms with E-state index in [2.05, 4.69) is 15.9 Å². The molecule has 4 heteroatoms. The number of benzene rings is 2. The molecule has 19 heavy (non-hydrogen) atoms. The van der Waals surface area contributed by atoms with Crippen molar-refractivity contribution >= 4 is 27.5 Å². The first-order chi connectivity index (χ1) is 8.97. The lowest BCUT2D eigenvalue weighted by atomic mass is 9.96. The van der Waals surface area contributed by atoms with Gasteiger partial charge < -0.3 is 5.73 Å². The fraction of sp³-hybridized carbons (Fsp3) is 0.200. The van der Waals surface area contributed by atoms with Gasteiger partial charge in [-0.25, -0.2) is 4.39 Å². The Bertz CT molecular complexity index is 601. The van der Waals surface area contributed by atoms with E-state index in [0.29, 0.717) is 17.0 Å². The second kappa shape index (κ2) is 6.04. The lowest BCUT2D eigenvalue weighted by molar-refractivity contribution is 0.592. The molecule has 0 radical (unpaired) electrons. The molecule has 0 fully saturated rings. The molecule has 0 bridgehead atoms. The van der Waals surface area contributed by atoms with Gasteiger partial charge in [-0.15, -0.1) is 0 Å². The molecule has 0 saturated heterocycles. The monoisotopic (exact) mass is 341 g/mol. The first kappa shape index (κ1) is 14.5. The zero-order valence-corrected chi connectivity index (χ0v) is 12.8. The number of aryl methyl sites for hydroxylation is 1. The molecule has 2 rings (SSSR count). The summed E-state index contributed by atoms with van der Waals surface area (Å²) in [6, 6.07) is 10.3. The van der Waals surface area contributed by atoms with Gasteiger partial charge in [-0.2, -0.15) is 0 Å². The molecular weight excluding hydrogens is 329 g/mol. The van der Waals surface area contributed by atoms with Crippen molar-refractivity contribution in [3.05, 3.63) is 68.4 Å². The van der Waals surface area contributed by atoms with Crippen LogP contribution in [0.1, 0.15) is 22.7 Å². The Labute approximate surface area is 125 Å². The molecule has 0 aromatic heterocycles. The topological polar surface area (TPSA) is 26.0 Å². The molecule has 1 nitrogen and oxygen atoms in total. The average molecular weight is 343 g/mol. The van der Waals surface area contributed by atoms with E-state index in [1.807, 2.05) is 31.2 Å². The molecule has 1 unspecified atom stereocenters. The summed E-state index contributed by atoms with van der Waals surface area (Å²) in [5, 5.41) is 0.646. The van der Waals surface area contributed by atoms with Crippen LogP contribution in [0.2, 0.25) is 5.02 Å². The molecule has 0 aliphatic rings. The van der Waals surface area contributed by atoms with E-state index in [1.54, 1.807) is 6.07 Å². The summed E-state index contributed by atoms with van der Waals surface area (Å²) in [4.78, 5) is 0. The molecule has 0 aliphatic heterocycles. The molecule has 2 aromatic rings. The largest absolute Gasteiger partial charge is 0.324 e. The molecular formula is C15H14BrClFN. The first-order valence-electron chi connectivity index (χ1n) is 5.93. The van der Waals surface area contributed by atoms with Crippen LogP contribution in [0.25, 0.3) is 0 Å². The Morgan fingerprint density at radius 1 is 1.26 bits per heavy atom. The summed E-state index contributed by atoms with van der Waals surface area (Å²) >= 11 is 9.22. The van der Waals surface area contributed by atoms with Crippen LogP contribution in [0.4, 0.5) is 4.39 Å². The van der Waals surface area contributed by atoms with Crippen molar-refractivity contribution in [3.8, 4) is 0 Å². The van der Waals surface area contributed by atoms with Crippen molar-refractivity contribution in [2.45, 2.75) is 19.4 Å². The second-order valence-corrected chi connectivity index (χ2v) is 5.90. The van der Waals surface area contributed by atoms with E-state index in [4.69, 9.17) is 17.3 Å². The molecule has 2 N–H and O–H groups in total. The highest BCUT2D eigenvalue weighted by Gasteiger charge is 2.13. The van der Waals surface area contributed by atoms with E-state index >= 15 is 0 Å². The quantitative estimate of drug-likeness (QED) is 0.852. The van der Waals surface area contributed by atoms with Crippen molar-refractivity contribution in [3.63, 3.8) is 0 Å². The summed E-state index contributed by atoms with van der Waals surface area (Å²) in [6.07, 6.45) is 0.445. The third kappa shape index (κ3) is 3.56. The molecule has 0 spiro atoms. The highest BCUT2D eigenvalue weighted by atomic mass is 79.9. The first-order valence-corrected chi connectivity index (χ1v) is 7.10. The summed E-state index contributed by atoms with van der Waals surface area (Å²) in [7, 11) is 0. The van der Waals surface area contributed by atoms with Gasteiger partial charge in [0.2, 0.25) is 0 Å². The second-order valence-electron chi connectivity index (χ2n) is 4.55. The Balaban J connectivity index is 2.25. The fourth-order valence-corrected chi connectivity index (χ4v) is 2.56. The molecule has 0 aliphatic carbocycles. The zero-order chi connectivity index (χ0) is 14.0. The van der Waals surface area contributed by atoms with Crippen molar-refractivity contribution in [1.82, 2.24) is 0 Å². The molecule has 100 valence electrons. The van der Waals surface area contributed by atoms with Crippen LogP contribution in [0.3, 0.4) is 0 Å². The minimum atomic E-state index is -0.269. The van der Waals surface area contributed by atoms with Gasteiger partial charge in [-0.3, -0.25) is 0 Å². The van der Waals surface area contributed by atoms with Crippen LogP contribution in [-0.4, -0.2) is 0 Å². The predicted molar refractivity (Wildman–Crippen MR) is 80.9 cm³/mol. The molecule has 0 amide bonds. The fourth-order valence-electron chi connectivity index (χ4n) is 2.04. The van der Waals surface area contributed by atoms with Gasteiger partial charge in [-0.05, 0) is 54.3 Å². The summed E-state index contributed by atoms with van der Waals surface area (Å²) in [6.45, 7) is 1.98. The van der Waals surface area contributed by atoms with Crippen molar-refractivity contribution in [1.29, 1.82) is 0 Å². The van der Waals surface area contributed by atoms with Crippen LogP contribution in [0.5, 0.6) is 0 Å². The molecule has 1 atom stereocenters. The maximum atomic E-state index is 13.8. The van der Waals surface area contributed by atoms with Gasteiger partial charge in [0.05, 0.1) is 0 Å². The average Bonchev–Trinajstić information content (AvgIpc) is 2.35. The van der Waals surface area contributed by atoms with Gasteiger partial charge in [0.25, 0.3) is 0 Å². The number of halogens is 3. The van der Waals surface area contributed by atoms with Gasteiger partial charge in [0.1, 0.15) is 5.82 Å². The van der Waals surface area contributed by atoms with Crippen LogP contribution in [0, 0.1) is 12.7 Å². The van der Waals surface area contributed by atoms with Gasteiger partial charge >= 0.3 is 0 Å². The van der Waals surface area contributed by atoms with Crippen LogP contribution in [-0.2, 0) is 6.42 Å². The van der Waals surface area contributed by atoms with Crippen molar-refractivity contribution in [2.75, 3.05) is 0 Å². The number of hydrogen-bond donors (Lipinski definition) is 1. The van der Waals surface area contributed by atoms with E-state index in [9.17, 15) is 4.39 Å². The minimum Gasteiger partial charge on any atom is -0.324 e. The maximum Gasteiger partial charge on any atom is 0.127 e. The van der Waals surface area contributed by atoms with Crippen LogP contribution in [0.15, 0.2) is 40.9 Å². The van der Waals surface area contributed by atoms with E-state index in [-0.39, 0.29) is 11.9 Å². The Morgan fingerprint density at radius 3 is 2.68 bits per heavy atom. The van der Waals surface area contributed by atoms with Gasteiger partial charge in [0.15, 0.2) is 0 Å². The van der Waals surface area contributed by atoms with Crippen molar-refractivity contribution < 1.29 is 4.39 Å². The molecule has 0 heterocycles. The van der Waals surface area contributed by atoms with E-state index in [0.717, 1.165) is 15.6 Å². The standard InChI is InChI=1S/C15H14BrClFN/c1-9-2-5-12(17)8-13(9)15(19)6-10-3-4-11(16)7-14(10)18/h2-5,7-8,15H,6,19H2,1H3. The van der Waals surface area contributed by atoms with Crippen LogP contribution >= 0.6 is 27.5 Å². The Hall–Kier alpha value is -0.900. The predicted octanol–water partition coefficient (Wildman–Crippen LogP) is 4.79. The maximum absolute atomic E-state index is 13.8. The van der Waals surface area contributed by atoms with Gasteiger partial charge in [-0.1, -0.05) is 39.7 Å². The number of nitrogens with two attached hydrogens (primary N) is 1. The lowest BCUT2D eigenvalue weighted by Gasteiger charge is -2.16. The van der Waals surface area contributed by atoms with Crippen molar-refractivity contribution in [2.24, 2.45) is 5.73 Å². The van der Waals surface area contributed by atoms with E-state index in [1.165, 1.54) is 6.07 Å². The smallest absolute Gasteiger partial charge is 0.127 e. The van der Waals surface area contributed by atoms with Crippen LogP contribution < -0.4 is 5.73 Å². The third-order valence-corrected chi connectivity index (χ3v) is 3.82.